The van der Waals surface area contributed by atoms with Crippen LogP contribution in [0.2, 0.25) is 10.0 Å². The van der Waals surface area contributed by atoms with Crippen LogP contribution in [0.5, 0.6) is 0 Å². The number of benzene rings is 1. The van der Waals surface area contributed by atoms with Crippen LogP contribution in [0.1, 0.15) is 50.4 Å². The second kappa shape index (κ2) is 9.28. The molecule has 1 N–H and O–H groups in total. The van der Waals surface area contributed by atoms with Crippen molar-refractivity contribution in [3.63, 3.8) is 0 Å². The molecule has 28 heavy (non-hydrogen) atoms. The van der Waals surface area contributed by atoms with Gasteiger partial charge in [0.2, 0.25) is 10.0 Å². The van der Waals surface area contributed by atoms with Crippen molar-refractivity contribution in [1.29, 1.82) is 0 Å². The predicted molar refractivity (Wildman–Crippen MR) is 111 cm³/mol. The summed E-state index contributed by atoms with van der Waals surface area (Å²) in [6, 6.07) is 2.70. The molecule has 1 aromatic carbocycles. The molecule has 0 atom stereocenters. The quantitative estimate of drug-likeness (QED) is 0.625. The van der Waals surface area contributed by atoms with Crippen LogP contribution in [-0.4, -0.2) is 44.0 Å². The zero-order valence-corrected chi connectivity index (χ0v) is 18.7. The molecule has 0 bridgehead atoms. The molecule has 1 aliphatic rings. The Kier molecular flexibility index (Phi) is 7.76. The van der Waals surface area contributed by atoms with Gasteiger partial charge in [-0.05, 0) is 49.7 Å². The fourth-order valence-corrected chi connectivity index (χ4v) is 5.37. The number of piperidine rings is 1. The number of hydrogen-bond acceptors (Lipinski definition) is 3. The Morgan fingerprint density at radius 3 is 2.43 bits per heavy atom. The van der Waals surface area contributed by atoms with Crippen LogP contribution in [0.25, 0.3) is 0 Å². The van der Waals surface area contributed by atoms with Gasteiger partial charge >= 0.3 is 0 Å². The van der Waals surface area contributed by atoms with E-state index in [1.54, 1.807) is 6.92 Å². The first kappa shape index (κ1) is 23.4. The zero-order valence-electron chi connectivity index (χ0n) is 16.4. The van der Waals surface area contributed by atoms with Crippen LogP contribution >= 0.6 is 23.2 Å². The number of amides is 1. The van der Waals surface area contributed by atoms with Crippen LogP contribution in [0, 0.1) is 17.2 Å². The summed E-state index contributed by atoms with van der Waals surface area (Å²) in [5, 5.41) is 2.43. The van der Waals surface area contributed by atoms with Crippen molar-refractivity contribution in [2.24, 2.45) is 11.3 Å². The first-order valence-corrected chi connectivity index (χ1v) is 11.8. The summed E-state index contributed by atoms with van der Waals surface area (Å²) in [4.78, 5) is 12.6. The molecule has 1 aromatic rings. The van der Waals surface area contributed by atoms with Gasteiger partial charge in [0.25, 0.3) is 5.91 Å². The van der Waals surface area contributed by atoms with E-state index in [1.807, 2.05) is 0 Å². The third kappa shape index (κ3) is 5.38. The summed E-state index contributed by atoms with van der Waals surface area (Å²) < 4.78 is 39.7. The van der Waals surface area contributed by atoms with Gasteiger partial charge in [0.05, 0.1) is 21.4 Å². The average Bonchev–Trinajstić information content (AvgIpc) is 2.64. The number of halogens is 3. The summed E-state index contributed by atoms with van der Waals surface area (Å²) in [5.41, 5.74) is -0.171. The smallest absolute Gasteiger partial charge is 0.252 e. The lowest BCUT2D eigenvalue weighted by atomic mass is 9.73. The molecule has 0 saturated carbocycles. The maximum absolute atomic E-state index is 13.9. The minimum Gasteiger partial charge on any atom is -0.351 e. The molecule has 5 nitrogen and oxygen atoms in total. The number of nitrogens with zero attached hydrogens (tertiary/aromatic N) is 1. The third-order valence-electron chi connectivity index (χ3n) is 5.29. The number of carbonyl (C=O) groups excluding carboxylic acids is 1. The van der Waals surface area contributed by atoms with Gasteiger partial charge in [-0.3, -0.25) is 4.79 Å². The maximum atomic E-state index is 13.9. The molecule has 158 valence electrons. The first-order valence-electron chi connectivity index (χ1n) is 9.41. The number of nitrogens with one attached hydrogen (secondary N) is 1. The van der Waals surface area contributed by atoms with Crippen molar-refractivity contribution in [3.05, 3.63) is 33.6 Å². The molecule has 1 amide bonds. The number of sulfonamides is 1. The van der Waals surface area contributed by atoms with Crippen LogP contribution in [0.15, 0.2) is 12.1 Å². The number of carbonyl (C=O) groups is 1. The third-order valence-corrected chi connectivity index (χ3v) is 7.83. The molecule has 1 heterocycles. The zero-order chi connectivity index (χ0) is 21.1. The Bertz CT molecular complexity index is 823. The van der Waals surface area contributed by atoms with Crippen molar-refractivity contribution >= 4 is 39.1 Å². The Morgan fingerprint density at radius 1 is 1.29 bits per heavy atom. The molecular formula is C19H27Cl2FN2O3S. The Hall–Kier alpha value is -0.890. The van der Waals surface area contributed by atoms with Crippen molar-refractivity contribution in [3.8, 4) is 0 Å². The summed E-state index contributed by atoms with van der Waals surface area (Å²) in [5.74, 6) is -0.803. The monoisotopic (exact) mass is 452 g/mol. The maximum Gasteiger partial charge on any atom is 0.252 e. The molecule has 0 spiro atoms. The lowest BCUT2D eigenvalue weighted by Gasteiger charge is -2.42. The van der Waals surface area contributed by atoms with Crippen molar-refractivity contribution in [2.75, 3.05) is 25.4 Å². The molecule has 2 rings (SSSR count). The lowest BCUT2D eigenvalue weighted by Crippen LogP contribution is -2.48. The second-order valence-electron chi connectivity index (χ2n) is 7.80. The van der Waals surface area contributed by atoms with E-state index in [-0.39, 0.29) is 26.8 Å². The van der Waals surface area contributed by atoms with Crippen LogP contribution in [-0.2, 0) is 10.0 Å². The van der Waals surface area contributed by atoms with E-state index >= 15 is 0 Å². The van der Waals surface area contributed by atoms with E-state index in [0.717, 1.165) is 6.42 Å². The van der Waals surface area contributed by atoms with Crippen molar-refractivity contribution in [2.45, 2.75) is 40.0 Å². The molecule has 1 aliphatic heterocycles. The molecule has 9 heteroatoms. The van der Waals surface area contributed by atoms with Gasteiger partial charge in [0.15, 0.2) is 5.82 Å². The van der Waals surface area contributed by atoms with E-state index in [2.05, 4.69) is 19.2 Å². The van der Waals surface area contributed by atoms with Gasteiger partial charge < -0.3 is 5.32 Å². The van der Waals surface area contributed by atoms with Crippen molar-refractivity contribution < 1.29 is 17.6 Å². The van der Waals surface area contributed by atoms with E-state index < -0.39 is 21.7 Å². The van der Waals surface area contributed by atoms with Gasteiger partial charge in [-0.1, -0.05) is 37.0 Å². The first-order chi connectivity index (χ1) is 13.0. The summed E-state index contributed by atoms with van der Waals surface area (Å²) in [6.45, 7) is 7.10. The van der Waals surface area contributed by atoms with Gasteiger partial charge in [0, 0.05) is 19.6 Å². The Balaban J connectivity index is 2.11. The normalized spacial score (nSPS) is 17.7. The van der Waals surface area contributed by atoms with E-state index in [0.29, 0.717) is 38.4 Å². The molecule has 1 saturated heterocycles. The molecule has 0 aromatic heterocycles. The molecular weight excluding hydrogens is 426 g/mol. The highest BCUT2D eigenvalue weighted by Gasteiger charge is 2.38. The predicted octanol–water partition coefficient (Wildman–Crippen LogP) is 4.34. The standard InChI is InChI=1S/C19H27Cl2FN2O3S/c1-4-28(26,27)24-9-7-19(8-10-24,11-13(2)3)12-23-18(25)14-5-6-15(20)17(22)16(14)21/h5-6,13H,4,7-12H2,1-3H3,(H,23,25). The topological polar surface area (TPSA) is 66.5 Å². The highest BCUT2D eigenvalue weighted by molar-refractivity contribution is 7.89. The van der Waals surface area contributed by atoms with Crippen LogP contribution < -0.4 is 5.32 Å². The summed E-state index contributed by atoms with van der Waals surface area (Å²) in [6.07, 6.45) is 2.18. The van der Waals surface area contributed by atoms with Crippen molar-refractivity contribution in [1.82, 2.24) is 9.62 Å². The van der Waals surface area contributed by atoms with Gasteiger partial charge in [-0.15, -0.1) is 0 Å². The fraction of sp³-hybridized carbons (Fsp3) is 0.632. The van der Waals surface area contributed by atoms with Gasteiger partial charge in [0.1, 0.15) is 0 Å². The molecule has 1 fully saturated rings. The number of rotatable bonds is 7. The minimum atomic E-state index is -3.21. The van der Waals surface area contributed by atoms with Gasteiger partial charge in [-0.2, -0.15) is 0 Å². The highest BCUT2D eigenvalue weighted by Crippen LogP contribution is 2.38. The van der Waals surface area contributed by atoms with E-state index in [9.17, 15) is 17.6 Å². The lowest BCUT2D eigenvalue weighted by molar-refractivity contribution is 0.0856. The van der Waals surface area contributed by atoms with Crippen LogP contribution in [0.4, 0.5) is 4.39 Å². The number of hydrogen-bond donors (Lipinski definition) is 1. The largest absolute Gasteiger partial charge is 0.351 e. The SMILES string of the molecule is CCS(=O)(=O)N1CCC(CNC(=O)c2ccc(Cl)c(F)c2Cl)(CC(C)C)CC1. The molecule has 0 aliphatic carbocycles. The van der Waals surface area contributed by atoms with Gasteiger partial charge in [-0.25, -0.2) is 17.1 Å². The second-order valence-corrected chi connectivity index (χ2v) is 10.8. The Labute approximate surface area is 176 Å². The fourth-order valence-electron chi connectivity index (χ4n) is 3.80. The average molecular weight is 453 g/mol. The Morgan fingerprint density at radius 2 is 1.89 bits per heavy atom. The highest BCUT2D eigenvalue weighted by atomic mass is 35.5. The summed E-state index contributed by atoms with van der Waals surface area (Å²) >= 11 is 11.6. The summed E-state index contributed by atoms with van der Waals surface area (Å²) in [7, 11) is -3.21. The minimum absolute atomic E-state index is 0.0364. The molecule has 0 radical (unpaired) electrons. The van der Waals surface area contributed by atoms with E-state index in [1.165, 1.54) is 16.4 Å². The van der Waals surface area contributed by atoms with E-state index in [4.69, 9.17) is 23.2 Å². The molecule has 0 unspecified atom stereocenters. The van der Waals surface area contributed by atoms with Crippen LogP contribution in [0.3, 0.4) is 0 Å².